The SMILES string of the molecule is CC[C@H](Oc1cccc(Cn2c(C)c(-c3ccc(OC)cc3)c3c(OC(F)(F)F)cccc32)c1)C(C)=O.COc1ccc2c(-c3c(C)n(Cc4cc(O[C@H](C)C(=O)O)ccc4Cl)c4cc(OC(F)(F)F)ccc34)noc2c1.Cc1c(Oc2ccc(Cl)cc2)c2ccc(OC(F)(F)F)cc2n1Cc1ccc(Cl)c(O[C@@H](C)C(=O)O)c1. The van der Waals surface area contributed by atoms with Crippen LogP contribution in [0.5, 0.6) is 57.5 Å². The van der Waals surface area contributed by atoms with Crippen LogP contribution in [-0.2, 0) is 34.0 Å². The van der Waals surface area contributed by atoms with E-state index in [1.165, 1.54) is 70.3 Å². The maximum absolute atomic E-state index is 13.3. The van der Waals surface area contributed by atoms with Crippen molar-refractivity contribution in [2.45, 2.75) is 112 Å². The van der Waals surface area contributed by atoms with Crippen LogP contribution in [0.1, 0.15) is 67.9 Å². The molecule has 4 heterocycles. The Morgan fingerprint density at radius 1 is 0.491 bits per heavy atom. The van der Waals surface area contributed by atoms with Crippen LogP contribution in [0, 0.1) is 20.8 Å². The van der Waals surface area contributed by atoms with Gasteiger partial charge in [0.15, 0.2) is 35.4 Å². The molecule has 0 aliphatic rings. The van der Waals surface area contributed by atoms with E-state index >= 15 is 0 Å². The van der Waals surface area contributed by atoms with Crippen LogP contribution in [0.25, 0.3) is 66.1 Å². The minimum atomic E-state index is -4.87. The number of carbonyl (C=O) groups is 3. The third-order valence-corrected chi connectivity index (χ3v) is 19.1. The molecular formula is C83H70Cl3F9N4O15. The third-order valence-electron chi connectivity index (χ3n) is 18.2. The maximum atomic E-state index is 13.3. The Labute approximate surface area is 659 Å². The molecule has 596 valence electrons. The number of nitrogens with zero attached hydrogens (tertiary/aromatic N) is 4. The first-order chi connectivity index (χ1) is 54.0. The number of aromatic nitrogens is 4. The molecule has 0 unspecified atom stereocenters. The zero-order chi connectivity index (χ0) is 82.4. The number of hydrogen-bond acceptors (Lipinski definition) is 14. The number of carbonyl (C=O) groups excluding carboxylic acids is 1. The average Bonchev–Trinajstić information content (AvgIpc) is 1.59. The molecule has 0 amide bonds. The minimum absolute atomic E-state index is 0.0542. The molecule has 0 spiro atoms. The van der Waals surface area contributed by atoms with E-state index in [4.69, 9.17) is 72.9 Å². The summed E-state index contributed by atoms with van der Waals surface area (Å²) in [6, 6.07) is 48.8. The molecule has 114 heavy (non-hydrogen) atoms. The predicted molar refractivity (Wildman–Crippen MR) is 411 cm³/mol. The number of carboxylic acid groups (broad SMARTS) is 2. The van der Waals surface area contributed by atoms with Gasteiger partial charge in [0, 0.05) is 81.2 Å². The summed E-state index contributed by atoms with van der Waals surface area (Å²) in [6.07, 6.45) is -16.8. The van der Waals surface area contributed by atoms with Crippen LogP contribution in [0.3, 0.4) is 0 Å². The molecule has 19 nitrogen and oxygen atoms in total. The van der Waals surface area contributed by atoms with Crippen molar-refractivity contribution in [1.82, 2.24) is 18.9 Å². The number of Topliss-reactive ketones (excluding diaryl/α,β-unsaturated/α-hetero) is 1. The van der Waals surface area contributed by atoms with Gasteiger partial charge < -0.3 is 71.1 Å². The summed E-state index contributed by atoms with van der Waals surface area (Å²) in [7, 11) is 3.09. The lowest BCUT2D eigenvalue weighted by Gasteiger charge is -2.16. The summed E-state index contributed by atoms with van der Waals surface area (Å²) >= 11 is 18.6. The third kappa shape index (κ3) is 19.8. The summed E-state index contributed by atoms with van der Waals surface area (Å²) in [6.45, 7) is 12.3. The molecule has 31 heteroatoms. The fourth-order valence-corrected chi connectivity index (χ4v) is 13.3. The van der Waals surface area contributed by atoms with Gasteiger partial charge in [-0.05, 0) is 198 Å². The van der Waals surface area contributed by atoms with Gasteiger partial charge in [0.2, 0.25) is 0 Å². The minimum Gasteiger partial charge on any atom is -0.497 e. The Kier molecular flexibility index (Phi) is 25.2. The Balaban J connectivity index is 0.000000169. The van der Waals surface area contributed by atoms with E-state index in [1.807, 2.05) is 55.7 Å². The van der Waals surface area contributed by atoms with Gasteiger partial charge in [-0.1, -0.05) is 83.3 Å². The molecule has 0 aliphatic carbocycles. The second-order valence-electron chi connectivity index (χ2n) is 25.9. The van der Waals surface area contributed by atoms with E-state index in [9.17, 15) is 59.0 Å². The lowest BCUT2D eigenvalue weighted by molar-refractivity contribution is -0.275. The number of benzene rings is 9. The highest BCUT2D eigenvalue weighted by atomic mass is 35.5. The van der Waals surface area contributed by atoms with Crippen molar-refractivity contribution in [2.75, 3.05) is 14.2 Å². The normalized spacial score (nSPS) is 12.5. The molecule has 9 aromatic carbocycles. The molecule has 0 radical (unpaired) electrons. The summed E-state index contributed by atoms with van der Waals surface area (Å²) in [4.78, 5) is 34.3. The number of carboxylic acids is 2. The highest BCUT2D eigenvalue weighted by Crippen LogP contribution is 2.46. The van der Waals surface area contributed by atoms with Gasteiger partial charge in [0.1, 0.15) is 57.4 Å². The van der Waals surface area contributed by atoms with E-state index in [0.29, 0.717) is 135 Å². The smallest absolute Gasteiger partial charge is 0.497 e. The Hall–Kier alpha value is -11.9. The van der Waals surface area contributed by atoms with Crippen LogP contribution in [0.15, 0.2) is 187 Å². The van der Waals surface area contributed by atoms with Crippen molar-refractivity contribution >= 4 is 96.2 Å². The number of fused-ring (bicyclic) bond motifs is 4. The Morgan fingerprint density at radius 2 is 1.02 bits per heavy atom. The van der Waals surface area contributed by atoms with E-state index in [-0.39, 0.29) is 46.9 Å². The van der Waals surface area contributed by atoms with Crippen LogP contribution in [-0.4, -0.2) is 98.4 Å². The lowest BCUT2D eigenvalue weighted by Crippen LogP contribution is -2.23. The Bertz CT molecular complexity index is 5700. The maximum Gasteiger partial charge on any atom is 0.573 e. The second-order valence-corrected chi connectivity index (χ2v) is 27.2. The molecule has 0 saturated carbocycles. The highest BCUT2D eigenvalue weighted by Gasteiger charge is 2.36. The van der Waals surface area contributed by atoms with Crippen molar-refractivity contribution in [3.63, 3.8) is 0 Å². The Morgan fingerprint density at radius 3 is 1.63 bits per heavy atom. The number of hydrogen-bond donors (Lipinski definition) is 2. The standard InChI is InChI=1S/C29H28F3NO4.C28H22ClF3N2O6.C26H20Cl2F3NO5/c1-5-25(19(3)34)36-23-9-6-8-20(16-23)17-33-18(2)27(21-12-14-22(35-4)15-13-21)28-24(33)10-7-11-26(28)37-29(30,31)32;1-14-25(26-21-8-4-17(37-3)12-24(21)40-33-26)20-7-5-19(39-28(30,31)32)11-23(20)34(14)13-16-10-18(6-9-22(16)29)38-15(2)27(35)36;1-14-24(36-18-6-4-17(27)5-7-18)20-9-8-19(37-26(29,30)31)12-22(20)32(14)13-16-3-10-21(28)23(11-16)35-15(2)25(33)34/h6-16,25H,5,17H2,1-4H3;4-12,15H,13H2,1-3H3,(H,35,36);3-12,15H,13H2,1-2H3,(H,33,34)/t25-;2*15-/m010/s1. The highest BCUT2D eigenvalue weighted by molar-refractivity contribution is 6.32. The van der Waals surface area contributed by atoms with Gasteiger partial charge >= 0.3 is 31.0 Å². The number of rotatable bonds is 25. The number of ketones is 1. The van der Waals surface area contributed by atoms with Crippen LogP contribution >= 0.6 is 34.8 Å². The number of alkyl halides is 9. The van der Waals surface area contributed by atoms with E-state index in [0.717, 1.165) is 16.8 Å². The number of methoxy groups -OCH3 is 2. The molecular weight excluding hydrogens is 1570 g/mol. The van der Waals surface area contributed by atoms with Crippen LogP contribution in [0.2, 0.25) is 15.1 Å². The zero-order valence-corrected chi connectivity index (χ0v) is 64.2. The van der Waals surface area contributed by atoms with E-state index in [2.05, 4.69) is 19.4 Å². The molecule has 13 aromatic rings. The van der Waals surface area contributed by atoms with Gasteiger partial charge in [-0.15, -0.1) is 39.5 Å². The summed E-state index contributed by atoms with van der Waals surface area (Å²) in [5.41, 5.74) is 8.66. The topological polar surface area (TPSA) is 216 Å². The van der Waals surface area contributed by atoms with Crippen molar-refractivity contribution in [2.24, 2.45) is 0 Å². The van der Waals surface area contributed by atoms with Gasteiger partial charge in [0.05, 0.1) is 52.3 Å². The van der Waals surface area contributed by atoms with Crippen molar-refractivity contribution < 1.29 is 111 Å². The van der Waals surface area contributed by atoms with Crippen molar-refractivity contribution in [3.8, 4) is 79.9 Å². The molecule has 3 atom stereocenters. The zero-order valence-electron chi connectivity index (χ0n) is 61.9. The molecule has 2 N–H and O–H groups in total. The fourth-order valence-electron chi connectivity index (χ4n) is 12.8. The number of ether oxygens (including phenoxy) is 9. The first-order valence-corrected chi connectivity index (χ1v) is 35.9. The number of halogens is 12. The summed E-state index contributed by atoms with van der Waals surface area (Å²) in [5, 5.41) is 26.0. The van der Waals surface area contributed by atoms with Gasteiger partial charge in [-0.3, -0.25) is 4.79 Å². The summed E-state index contributed by atoms with van der Waals surface area (Å²) < 4.78 is 175. The second kappa shape index (κ2) is 34.6. The first-order valence-electron chi connectivity index (χ1n) is 34.8. The van der Waals surface area contributed by atoms with E-state index in [1.54, 1.807) is 132 Å². The molecule has 0 saturated heterocycles. The molecule has 4 aromatic heterocycles. The van der Waals surface area contributed by atoms with Crippen molar-refractivity contribution in [3.05, 3.63) is 231 Å². The molecule has 13 rings (SSSR count). The quantitative estimate of drug-likeness (QED) is 0.0509. The van der Waals surface area contributed by atoms with Crippen LogP contribution < -0.4 is 42.6 Å². The number of aliphatic carboxylic acids is 2. The van der Waals surface area contributed by atoms with E-state index < -0.39 is 55.1 Å². The lowest BCUT2D eigenvalue weighted by atomic mass is 10.0. The largest absolute Gasteiger partial charge is 0.573 e. The monoisotopic (exact) mass is 1640 g/mol. The van der Waals surface area contributed by atoms with Gasteiger partial charge in [-0.25, -0.2) is 9.59 Å². The molecule has 0 fully saturated rings. The summed E-state index contributed by atoms with van der Waals surface area (Å²) in [5.74, 6) is -0.213. The molecule has 0 bridgehead atoms. The fraction of sp³-hybridized carbons (Fsp3) is 0.229. The van der Waals surface area contributed by atoms with Gasteiger partial charge in [0.25, 0.3) is 0 Å². The van der Waals surface area contributed by atoms with Crippen LogP contribution in [0.4, 0.5) is 39.5 Å². The first kappa shape index (κ1) is 83.1. The molecule has 0 aliphatic heterocycles. The average molecular weight is 1640 g/mol. The van der Waals surface area contributed by atoms with Gasteiger partial charge in [-0.2, -0.15) is 0 Å². The van der Waals surface area contributed by atoms with Crippen molar-refractivity contribution in [1.29, 1.82) is 0 Å². The predicted octanol–water partition coefficient (Wildman–Crippen LogP) is 22.4.